The first-order valence-corrected chi connectivity index (χ1v) is 14.0. The van der Waals surface area contributed by atoms with E-state index in [1.54, 1.807) is 4.68 Å². The van der Waals surface area contributed by atoms with E-state index in [4.69, 9.17) is 4.99 Å². The number of aromatic nitrogens is 4. The summed E-state index contributed by atoms with van der Waals surface area (Å²) in [6.07, 6.45) is 3.99. The number of aryl methyl sites for hydroxylation is 3. The fourth-order valence-corrected chi connectivity index (χ4v) is 6.63. The van der Waals surface area contributed by atoms with E-state index in [-0.39, 0.29) is 0 Å². The number of benzene rings is 2. The van der Waals surface area contributed by atoms with E-state index in [0.29, 0.717) is 6.04 Å². The number of para-hydroxylation sites is 1. The molecule has 0 amide bonds. The highest BCUT2D eigenvalue weighted by molar-refractivity contribution is 7.12. The van der Waals surface area contributed by atoms with Crippen LogP contribution >= 0.6 is 11.3 Å². The third-order valence-electron chi connectivity index (χ3n) is 7.59. The van der Waals surface area contributed by atoms with Gasteiger partial charge in [0.25, 0.3) is 0 Å². The van der Waals surface area contributed by atoms with Crippen molar-refractivity contribution in [3.05, 3.63) is 92.9 Å². The second kappa shape index (κ2) is 10.6. The number of thiophene rings is 1. The van der Waals surface area contributed by atoms with Crippen LogP contribution in [0.4, 0.5) is 5.69 Å². The Morgan fingerprint density at radius 3 is 2.68 bits per heavy atom. The molecule has 1 unspecified atom stereocenters. The number of piperazine rings is 1. The van der Waals surface area contributed by atoms with E-state index < -0.39 is 0 Å². The molecule has 8 heteroatoms. The first-order valence-electron chi connectivity index (χ1n) is 13.1. The zero-order chi connectivity index (χ0) is 25.2. The maximum Gasteiger partial charge on any atom is 0.152 e. The highest BCUT2D eigenvalue weighted by Gasteiger charge is 2.31. The second-order valence-corrected chi connectivity index (χ2v) is 11.4. The van der Waals surface area contributed by atoms with Crippen LogP contribution in [0.15, 0.2) is 65.7 Å². The minimum absolute atomic E-state index is 0.430. The minimum Gasteiger partial charge on any atom is -0.353 e. The zero-order valence-corrected chi connectivity index (χ0v) is 22.4. The summed E-state index contributed by atoms with van der Waals surface area (Å²) in [7, 11) is 1.92. The Balaban J connectivity index is 1.27. The van der Waals surface area contributed by atoms with E-state index in [1.165, 1.54) is 26.4 Å². The summed E-state index contributed by atoms with van der Waals surface area (Å²) in [5.41, 5.74) is 5.14. The molecular formula is C29H33N7S. The SMILES string of the molecule is Cc1cc2c(s1)Cc1ccccc1N=C2N1CCN(CCc2nnnn2C)C(CCc2ccccc2)C1. The molecule has 0 bridgehead atoms. The molecule has 0 aliphatic carbocycles. The van der Waals surface area contributed by atoms with Crippen molar-refractivity contribution in [3.8, 4) is 0 Å². The van der Waals surface area contributed by atoms with E-state index in [1.807, 2.05) is 18.4 Å². The van der Waals surface area contributed by atoms with Gasteiger partial charge in [-0.25, -0.2) is 9.67 Å². The lowest BCUT2D eigenvalue weighted by Crippen LogP contribution is -2.55. The van der Waals surface area contributed by atoms with Gasteiger partial charge in [-0.05, 0) is 53.5 Å². The number of hydrogen-bond acceptors (Lipinski definition) is 7. The van der Waals surface area contributed by atoms with Gasteiger partial charge in [0.2, 0.25) is 0 Å². The standard InChI is InChI=1S/C29H33N7S/c1-21-18-25-27(37-21)19-23-10-6-7-11-26(23)30-29(25)36-17-16-35(15-14-28-31-32-33-34(28)2)24(20-36)13-12-22-8-4-3-5-9-22/h3-11,18,24H,12-17,19-20H2,1-2H3. The van der Waals surface area contributed by atoms with Crippen LogP contribution in [-0.2, 0) is 26.3 Å². The fourth-order valence-electron chi connectivity index (χ4n) is 5.58. The monoisotopic (exact) mass is 511 g/mol. The summed E-state index contributed by atoms with van der Waals surface area (Å²) >= 11 is 1.91. The fraction of sp³-hybridized carbons (Fsp3) is 0.379. The summed E-state index contributed by atoms with van der Waals surface area (Å²) < 4.78 is 1.79. The van der Waals surface area contributed by atoms with Gasteiger partial charge in [0.05, 0.1) is 5.69 Å². The van der Waals surface area contributed by atoms with E-state index in [2.05, 4.69) is 92.9 Å². The lowest BCUT2D eigenvalue weighted by Gasteiger charge is -2.43. The molecule has 0 spiro atoms. The van der Waals surface area contributed by atoms with Gasteiger partial charge in [-0.3, -0.25) is 4.90 Å². The minimum atomic E-state index is 0.430. The number of hydrogen-bond donors (Lipinski definition) is 0. The first kappa shape index (κ1) is 24.0. The van der Waals surface area contributed by atoms with E-state index in [0.717, 1.165) is 69.2 Å². The smallest absolute Gasteiger partial charge is 0.152 e. The van der Waals surface area contributed by atoms with Crippen molar-refractivity contribution in [2.45, 2.75) is 38.6 Å². The maximum absolute atomic E-state index is 5.29. The predicted octanol–water partition coefficient (Wildman–Crippen LogP) is 4.42. The van der Waals surface area contributed by atoms with Crippen LogP contribution in [-0.4, -0.2) is 68.1 Å². The summed E-state index contributed by atoms with van der Waals surface area (Å²) in [5.74, 6) is 2.08. The Morgan fingerprint density at radius 1 is 1.00 bits per heavy atom. The number of aliphatic imine (C=N–C) groups is 1. The summed E-state index contributed by atoms with van der Waals surface area (Å²) in [5, 5.41) is 12.1. The Labute approximate surface area is 222 Å². The number of rotatable bonds is 6. The Hall–Kier alpha value is -3.36. The van der Waals surface area contributed by atoms with Gasteiger partial charge >= 0.3 is 0 Å². The van der Waals surface area contributed by atoms with Crippen molar-refractivity contribution in [2.75, 3.05) is 26.2 Å². The van der Waals surface area contributed by atoms with Gasteiger partial charge in [-0.1, -0.05) is 48.5 Å². The van der Waals surface area contributed by atoms with Crippen LogP contribution in [0.3, 0.4) is 0 Å². The molecule has 7 nitrogen and oxygen atoms in total. The van der Waals surface area contributed by atoms with Crippen molar-refractivity contribution >= 4 is 22.9 Å². The molecule has 2 aliphatic rings. The summed E-state index contributed by atoms with van der Waals surface area (Å²) in [6.45, 7) is 6.11. The molecule has 2 aromatic carbocycles. The predicted molar refractivity (Wildman–Crippen MR) is 149 cm³/mol. The molecule has 2 aliphatic heterocycles. The van der Waals surface area contributed by atoms with Crippen LogP contribution in [0.25, 0.3) is 0 Å². The topological polar surface area (TPSA) is 62.4 Å². The molecule has 0 radical (unpaired) electrons. The molecule has 1 fully saturated rings. The molecular weight excluding hydrogens is 478 g/mol. The van der Waals surface area contributed by atoms with Crippen LogP contribution in [0.2, 0.25) is 0 Å². The largest absolute Gasteiger partial charge is 0.353 e. The van der Waals surface area contributed by atoms with Gasteiger partial charge in [0.1, 0.15) is 5.84 Å². The van der Waals surface area contributed by atoms with E-state index >= 15 is 0 Å². The van der Waals surface area contributed by atoms with Crippen LogP contribution < -0.4 is 0 Å². The van der Waals surface area contributed by atoms with Gasteiger partial charge in [0.15, 0.2) is 5.82 Å². The van der Waals surface area contributed by atoms with E-state index in [9.17, 15) is 0 Å². The maximum atomic E-state index is 5.29. The molecule has 2 aromatic heterocycles. The number of tetrazole rings is 1. The first-order chi connectivity index (χ1) is 18.1. The quantitative estimate of drug-likeness (QED) is 0.383. The molecule has 1 saturated heterocycles. The molecule has 6 rings (SSSR count). The Morgan fingerprint density at radius 2 is 1.84 bits per heavy atom. The van der Waals surface area contributed by atoms with Crippen molar-refractivity contribution < 1.29 is 0 Å². The average molecular weight is 512 g/mol. The number of amidine groups is 1. The van der Waals surface area contributed by atoms with Crippen molar-refractivity contribution in [1.82, 2.24) is 30.0 Å². The summed E-state index contributed by atoms with van der Waals surface area (Å²) in [4.78, 5) is 13.3. The number of nitrogens with zero attached hydrogens (tertiary/aromatic N) is 7. The van der Waals surface area contributed by atoms with Crippen LogP contribution in [0, 0.1) is 6.92 Å². The highest BCUT2D eigenvalue weighted by Crippen LogP contribution is 2.34. The second-order valence-electron chi connectivity index (χ2n) is 10.1. The van der Waals surface area contributed by atoms with Gasteiger partial charge in [-0.15, -0.1) is 16.4 Å². The molecule has 4 heterocycles. The molecule has 1 atom stereocenters. The average Bonchev–Trinajstić information content (AvgIpc) is 3.46. The van der Waals surface area contributed by atoms with Gasteiger partial charge in [-0.2, -0.15) is 0 Å². The number of fused-ring (bicyclic) bond motifs is 2. The molecule has 0 N–H and O–H groups in total. The zero-order valence-electron chi connectivity index (χ0n) is 21.5. The third kappa shape index (κ3) is 5.22. The Kier molecular flexibility index (Phi) is 6.85. The van der Waals surface area contributed by atoms with Crippen molar-refractivity contribution in [1.29, 1.82) is 0 Å². The lowest BCUT2D eigenvalue weighted by molar-refractivity contribution is 0.107. The van der Waals surface area contributed by atoms with Crippen molar-refractivity contribution in [2.24, 2.45) is 12.0 Å². The Bertz CT molecular complexity index is 1390. The van der Waals surface area contributed by atoms with Crippen LogP contribution in [0.5, 0.6) is 0 Å². The molecule has 4 aromatic rings. The van der Waals surface area contributed by atoms with Crippen molar-refractivity contribution in [3.63, 3.8) is 0 Å². The van der Waals surface area contributed by atoms with Crippen LogP contribution in [0.1, 0.15) is 38.7 Å². The molecule has 37 heavy (non-hydrogen) atoms. The normalized spacial score (nSPS) is 17.7. The summed E-state index contributed by atoms with van der Waals surface area (Å²) in [6, 6.07) is 22.2. The highest BCUT2D eigenvalue weighted by atomic mass is 32.1. The van der Waals surface area contributed by atoms with Gasteiger partial charge in [0, 0.05) is 67.4 Å². The third-order valence-corrected chi connectivity index (χ3v) is 8.64. The lowest BCUT2D eigenvalue weighted by atomic mass is 10.0. The molecule has 190 valence electrons. The van der Waals surface area contributed by atoms with Gasteiger partial charge < -0.3 is 4.90 Å². The molecule has 0 saturated carbocycles.